The molecule has 256 valence electrons. The molecule has 0 aromatic rings. The van der Waals surface area contributed by atoms with Crippen molar-refractivity contribution >= 4 is 5.97 Å². The van der Waals surface area contributed by atoms with Crippen molar-refractivity contribution in [3.63, 3.8) is 0 Å². The zero-order chi connectivity index (χ0) is 33.1. The molecular formula is C36H58O9. The fourth-order valence-corrected chi connectivity index (χ4v) is 12.1. The molecule has 1 saturated heterocycles. The van der Waals surface area contributed by atoms with Crippen molar-refractivity contribution in [1.29, 1.82) is 0 Å². The van der Waals surface area contributed by atoms with Gasteiger partial charge in [0.05, 0.1) is 24.2 Å². The van der Waals surface area contributed by atoms with E-state index in [-0.39, 0.29) is 33.0 Å². The van der Waals surface area contributed by atoms with Gasteiger partial charge in [-0.2, -0.15) is 0 Å². The molecule has 5 fully saturated rings. The van der Waals surface area contributed by atoms with Gasteiger partial charge < -0.3 is 40.1 Å². The standard InChI is InChI=1S/C36H58O9/c1-31(2)12-14-36(30(43)45-29-27(41)26(40)25(39)22(18-37)44-29)15-13-34(6)19(20(36)16-31)8-9-24-33(5)17-21(38)28(42)32(3,4)23(33)10-11-35(24,34)7/h8,20-29,37-42H,9-18H2,1-7H3/t20-,21-,22-,23+,24-,25-,26+,27-,28+,29+,33+,34-,35-,36+/m1/s1. The molecule has 14 atom stereocenters. The van der Waals surface area contributed by atoms with Gasteiger partial charge in [-0.05, 0) is 103 Å². The second-order valence-electron chi connectivity index (χ2n) is 18.0. The maximum Gasteiger partial charge on any atom is 0.315 e. The van der Waals surface area contributed by atoms with Crippen LogP contribution < -0.4 is 0 Å². The van der Waals surface area contributed by atoms with E-state index in [1.165, 1.54) is 5.57 Å². The van der Waals surface area contributed by atoms with E-state index >= 15 is 0 Å². The van der Waals surface area contributed by atoms with Crippen LogP contribution in [0.1, 0.15) is 106 Å². The van der Waals surface area contributed by atoms with Gasteiger partial charge >= 0.3 is 5.97 Å². The zero-order valence-electron chi connectivity index (χ0n) is 28.3. The normalized spacial score (nSPS) is 53.6. The summed E-state index contributed by atoms with van der Waals surface area (Å²) in [7, 11) is 0. The van der Waals surface area contributed by atoms with Gasteiger partial charge in [0, 0.05) is 0 Å². The van der Waals surface area contributed by atoms with E-state index in [1.54, 1.807) is 0 Å². The van der Waals surface area contributed by atoms with Crippen LogP contribution in [-0.4, -0.2) is 86.1 Å². The second-order valence-corrected chi connectivity index (χ2v) is 18.0. The summed E-state index contributed by atoms with van der Waals surface area (Å²) in [6, 6.07) is 0. The van der Waals surface area contributed by atoms with Crippen molar-refractivity contribution < 1.29 is 44.9 Å². The Bertz CT molecular complexity index is 1210. The topological polar surface area (TPSA) is 157 Å². The molecule has 6 aliphatic rings. The quantitative estimate of drug-likeness (QED) is 0.202. The highest BCUT2D eigenvalue weighted by Gasteiger charge is 2.70. The Morgan fingerprint density at radius 1 is 0.867 bits per heavy atom. The zero-order valence-corrected chi connectivity index (χ0v) is 28.3. The van der Waals surface area contributed by atoms with E-state index in [2.05, 4.69) is 54.5 Å². The minimum absolute atomic E-state index is 0.0196. The number of aliphatic hydroxyl groups excluding tert-OH is 6. The number of allylic oxidation sites excluding steroid dienone is 2. The van der Waals surface area contributed by atoms with Gasteiger partial charge in [-0.3, -0.25) is 4.79 Å². The fourth-order valence-electron chi connectivity index (χ4n) is 12.1. The van der Waals surface area contributed by atoms with Gasteiger partial charge in [0.15, 0.2) is 0 Å². The number of hydrogen-bond donors (Lipinski definition) is 6. The van der Waals surface area contributed by atoms with Crippen molar-refractivity contribution in [1.82, 2.24) is 0 Å². The lowest BCUT2D eigenvalue weighted by Gasteiger charge is -2.71. The van der Waals surface area contributed by atoms with Crippen LogP contribution in [0.5, 0.6) is 0 Å². The van der Waals surface area contributed by atoms with Crippen LogP contribution in [0.2, 0.25) is 0 Å². The van der Waals surface area contributed by atoms with E-state index in [9.17, 15) is 35.4 Å². The summed E-state index contributed by atoms with van der Waals surface area (Å²) >= 11 is 0. The highest BCUT2D eigenvalue weighted by atomic mass is 16.7. The van der Waals surface area contributed by atoms with Crippen LogP contribution in [0.25, 0.3) is 0 Å². The first kappa shape index (κ1) is 33.8. The van der Waals surface area contributed by atoms with E-state index in [0.29, 0.717) is 31.1 Å². The summed E-state index contributed by atoms with van der Waals surface area (Å²) in [6.07, 6.45) is 0.778. The van der Waals surface area contributed by atoms with Crippen molar-refractivity contribution in [3.8, 4) is 0 Å². The van der Waals surface area contributed by atoms with E-state index in [1.807, 2.05) is 0 Å². The van der Waals surface area contributed by atoms with Gasteiger partial charge in [-0.15, -0.1) is 0 Å². The largest absolute Gasteiger partial charge is 0.432 e. The van der Waals surface area contributed by atoms with Crippen molar-refractivity contribution in [3.05, 3.63) is 11.6 Å². The molecule has 9 nitrogen and oxygen atoms in total. The minimum atomic E-state index is -1.63. The third-order valence-corrected chi connectivity index (χ3v) is 15.1. The third-order valence-electron chi connectivity index (χ3n) is 15.1. The molecule has 1 heterocycles. The Balaban J connectivity index is 1.36. The number of fused-ring (bicyclic) bond motifs is 7. The molecule has 5 aliphatic carbocycles. The number of hydrogen-bond acceptors (Lipinski definition) is 9. The highest BCUT2D eigenvalue weighted by Crippen LogP contribution is 2.75. The predicted molar refractivity (Wildman–Crippen MR) is 166 cm³/mol. The summed E-state index contributed by atoms with van der Waals surface area (Å²) in [5.41, 5.74) is -0.202. The number of aliphatic hydroxyl groups is 6. The molecule has 9 heteroatoms. The average Bonchev–Trinajstić information content (AvgIpc) is 2.96. The molecule has 0 unspecified atom stereocenters. The first-order chi connectivity index (χ1) is 20.8. The number of carbonyl (C=O) groups excluding carboxylic acids is 1. The third kappa shape index (κ3) is 4.61. The Morgan fingerprint density at radius 3 is 2.20 bits per heavy atom. The van der Waals surface area contributed by atoms with Crippen LogP contribution >= 0.6 is 0 Å². The van der Waals surface area contributed by atoms with Crippen molar-refractivity contribution in [2.24, 2.45) is 50.2 Å². The maximum absolute atomic E-state index is 14.4. The van der Waals surface area contributed by atoms with Crippen molar-refractivity contribution in [2.45, 2.75) is 149 Å². The maximum atomic E-state index is 14.4. The molecule has 0 aromatic carbocycles. The summed E-state index contributed by atoms with van der Waals surface area (Å²) in [5.74, 6) is 0.120. The molecule has 6 N–H and O–H groups in total. The van der Waals surface area contributed by atoms with Crippen molar-refractivity contribution in [2.75, 3.05) is 6.61 Å². The smallest absolute Gasteiger partial charge is 0.315 e. The van der Waals surface area contributed by atoms with Gasteiger partial charge in [0.25, 0.3) is 0 Å². The number of esters is 1. The van der Waals surface area contributed by atoms with Gasteiger partial charge in [-0.1, -0.05) is 60.1 Å². The molecule has 4 saturated carbocycles. The summed E-state index contributed by atoms with van der Waals surface area (Å²) in [6.45, 7) is 15.4. The highest BCUT2D eigenvalue weighted by molar-refractivity contribution is 5.79. The first-order valence-corrected chi connectivity index (χ1v) is 17.4. The lowest BCUT2D eigenvalue weighted by Crippen LogP contribution is -2.67. The Morgan fingerprint density at radius 2 is 1.53 bits per heavy atom. The minimum Gasteiger partial charge on any atom is -0.432 e. The van der Waals surface area contributed by atoms with E-state index < -0.39 is 60.9 Å². The Hall–Kier alpha value is -1.07. The van der Waals surface area contributed by atoms with Crippen LogP contribution in [0, 0.1) is 50.2 Å². The van der Waals surface area contributed by atoms with E-state index in [4.69, 9.17) is 9.47 Å². The summed E-state index contributed by atoms with van der Waals surface area (Å²) < 4.78 is 11.5. The molecule has 0 bridgehead atoms. The first-order valence-electron chi connectivity index (χ1n) is 17.4. The van der Waals surface area contributed by atoms with E-state index in [0.717, 1.165) is 38.5 Å². The van der Waals surface area contributed by atoms with Crippen LogP contribution in [0.3, 0.4) is 0 Å². The molecule has 0 spiro atoms. The van der Waals surface area contributed by atoms with Crippen LogP contribution in [-0.2, 0) is 14.3 Å². The molecular weight excluding hydrogens is 576 g/mol. The average molecular weight is 635 g/mol. The molecule has 0 radical (unpaired) electrons. The monoisotopic (exact) mass is 634 g/mol. The number of rotatable bonds is 3. The Kier molecular flexibility index (Phi) is 8.05. The molecule has 0 aromatic heterocycles. The fraction of sp³-hybridized carbons (Fsp3) is 0.917. The van der Waals surface area contributed by atoms with Gasteiger partial charge in [-0.25, -0.2) is 0 Å². The lowest BCUT2D eigenvalue weighted by molar-refractivity contribution is -0.297. The molecule has 45 heavy (non-hydrogen) atoms. The SMILES string of the molecule is CC1(C)CC[C@]2(C(=O)O[C@@H]3O[C@H](CO)[C@@H](O)[C@H](O)[C@H]3O)CC[C@]3(C)C(=CC[C@@H]4[C@@]5(C)C[C@@H](O)[C@H](O)C(C)(C)[C@@H]5CC[C@]43C)[C@H]2C1. The molecule has 0 amide bonds. The lowest BCUT2D eigenvalue weighted by atomic mass is 9.33. The predicted octanol–water partition coefficient (Wildman–Crippen LogP) is 3.46. The number of ether oxygens (including phenoxy) is 2. The summed E-state index contributed by atoms with van der Waals surface area (Å²) in [5, 5.41) is 63.2. The Labute approximate surface area is 268 Å². The van der Waals surface area contributed by atoms with Gasteiger partial charge in [0.2, 0.25) is 6.29 Å². The van der Waals surface area contributed by atoms with Gasteiger partial charge in [0.1, 0.15) is 24.4 Å². The van der Waals surface area contributed by atoms with Crippen LogP contribution in [0.4, 0.5) is 0 Å². The van der Waals surface area contributed by atoms with Crippen LogP contribution in [0.15, 0.2) is 11.6 Å². The number of carbonyl (C=O) groups is 1. The second kappa shape index (κ2) is 10.7. The summed E-state index contributed by atoms with van der Waals surface area (Å²) in [4.78, 5) is 14.4. The molecule has 6 rings (SSSR count). The molecule has 1 aliphatic heterocycles.